The van der Waals surface area contributed by atoms with Crippen molar-refractivity contribution in [2.45, 2.75) is 95.9 Å². The number of aliphatic hydroxyl groups excluding tert-OH is 3. The molecule has 22 heteroatoms. The number of hydrogen-bond donors (Lipinski definition) is 13. The predicted octanol–water partition coefficient (Wildman–Crippen LogP) is -6.37. The van der Waals surface area contributed by atoms with E-state index in [-0.39, 0.29) is 6.42 Å². The molecule has 57 heavy (non-hydrogen) atoms. The van der Waals surface area contributed by atoms with E-state index >= 15 is 0 Å². The summed E-state index contributed by atoms with van der Waals surface area (Å²) in [5, 5.41) is 48.5. The summed E-state index contributed by atoms with van der Waals surface area (Å²) in [5.74, 6) is -8.44. The van der Waals surface area contributed by atoms with Crippen LogP contribution in [0.25, 0.3) is 0 Å². The molecule has 15 N–H and O–H groups in total. The number of carbonyl (C=O) groups excluding carboxylic acids is 9. The zero-order valence-electron chi connectivity index (χ0n) is 32.5. The van der Waals surface area contributed by atoms with Gasteiger partial charge in [-0.15, -0.1) is 0 Å². The molecule has 0 aliphatic carbocycles. The van der Waals surface area contributed by atoms with Gasteiger partial charge in [-0.25, -0.2) is 0 Å². The summed E-state index contributed by atoms with van der Waals surface area (Å²) in [4.78, 5) is 113. The standard InChI is InChI=1S/C35H56N10O12/c1-6-17(2)27(34(56)42-23(16-46)30(37)52)45-32(54)22(12-21-10-8-7-9-11-21)41-35(57)29(20(5)48)44-26(51)15-40-33(55)28(19(4)47)43-25(50)14-38-24(49)13-39-31(53)18(3)36/h7-11,17-20,22-23,27-29,46-48H,6,12-16,36H2,1-5H3,(H2,37,52)(H,38,49)(H,39,53)(H,40,55)(H,41,57)(H,42,56)(H,43,50)(H,44,51)(H,45,54)/t17-,18-,19+,20+,22-,23-,27-,28-,29-/m0/s1. The molecule has 0 saturated carbocycles. The maximum atomic E-state index is 13.7. The van der Waals surface area contributed by atoms with Crippen molar-refractivity contribution in [3.8, 4) is 0 Å². The summed E-state index contributed by atoms with van der Waals surface area (Å²) < 4.78 is 0. The maximum Gasteiger partial charge on any atom is 0.245 e. The van der Waals surface area contributed by atoms with Crippen molar-refractivity contribution in [3.05, 3.63) is 35.9 Å². The molecule has 1 rings (SSSR count). The highest BCUT2D eigenvalue weighted by molar-refractivity contribution is 5.97. The Labute approximate surface area is 329 Å². The zero-order chi connectivity index (χ0) is 43.4. The molecule has 1 aromatic rings. The SMILES string of the molecule is CC[C@H](C)[C@H](NC(=O)[C@H](Cc1ccccc1)NC(=O)[C@@H](NC(=O)CNC(=O)[C@@H](NC(=O)CNC(=O)CNC(=O)[C@H](C)N)[C@@H](C)O)[C@@H](C)O)C(=O)N[C@@H](CO)C(N)=O. The fourth-order valence-electron chi connectivity index (χ4n) is 4.85. The molecule has 0 aliphatic rings. The van der Waals surface area contributed by atoms with Crippen LogP contribution in [0, 0.1) is 5.92 Å². The van der Waals surface area contributed by atoms with Crippen LogP contribution in [0.2, 0.25) is 0 Å². The minimum atomic E-state index is -1.68. The van der Waals surface area contributed by atoms with E-state index in [2.05, 4.69) is 42.5 Å². The van der Waals surface area contributed by atoms with E-state index in [0.717, 1.165) is 0 Å². The largest absolute Gasteiger partial charge is 0.394 e. The van der Waals surface area contributed by atoms with Crippen LogP contribution in [0.15, 0.2) is 30.3 Å². The number of nitrogens with two attached hydrogens (primary N) is 2. The average Bonchev–Trinajstić information content (AvgIpc) is 3.16. The van der Waals surface area contributed by atoms with Gasteiger partial charge in [0.15, 0.2) is 0 Å². The van der Waals surface area contributed by atoms with Gasteiger partial charge in [0.2, 0.25) is 53.2 Å². The third-order valence-electron chi connectivity index (χ3n) is 8.42. The molecule has 0 spiro atoms. The van der Waals surface area contributed by atoms with Gasteiger partial charge >= 0.3 is 0 Å². The Kier molecular flexibility index (Phi) is 21.4. The first-order valence-electron chi connectivity index (χ1n) is 18.1. The topological polar surface area (TPSA) is 363 Å². The van der Waals surface area contributed by atoms with Crippen LogP contribution in [-0.2, 0) is 49.6 Å². The molecule has 0 saturated heterocycles. The fraction of sp³-hybridized carbons (Fsp3) is 0.571. The third kappa shape index (κ3) is 17.7. The Morgan fingerprint density at radius 1 is 0.596 bits per heavy atom. The number of carbonyl (C=O) groups is 9. The second-order valence-electron chi connectivity index (χ2n) is 13.3. The molecule has 9 amide bonds. The number of rotatable bonds is 24. The summed E-state index contributed by atoms with van der Waals surface area (Å²) in [6.07, 6.45) is -2.74. The smallest absolute Gasteiger partial charge is 0.245 e. The van der Waals surface area contributed by atoms with Crippen LogP contribution in [0.1, 0.15) is 46.6 Å². The van der Waals surface area contributed by atoms with Crippen molar-refractivity contribution < 1.29 is 58.5 Å². The highest BCUT2D eigenvalue weighted by Gasteiger charge is 2.34. The molecule has 0 fully saturated rings. The monoisotopic (exact) mass is 808 g/mol. The minimum Gasteiger partial charge on any atom is -0.394 e. The number of nitrogens with one attached hydrogen (secondary N) is 8. The van der Waals surface area contributed by atoms with Gasteiger partial charge in [0.05, 0.1) is 44.5 Å². The van der Waals surface area contributed by atoms with E-state index in [1.165, 1.54) is 20.8 Å². The quantitative estimate of drug-likeness (QED) is 0.0463. The Morgan fingerprint density at radius 2 is 1.07 bits per heavy atom. The van der Waals surface area contributed by atoms with Crippen LogP contribution >= 0.6 is 0 Å². The molecule has 22 nitrogen and oxygen atoms in total. The van der Waals surface area contributed by atoms with Gasteiger partial charge < -0.3 is 69.3 Å². The summed E-state index contributed by atoms with van der Waals surface area (Å²) in [7, 11) is 0. The van der Waals surface area contributed by atoms with Crippen LogP contribution in [0.4, 0.5) is 0 Å². The minimum absolute atomic E-state index is 0.107. The van der Waals surface area contributed by atoms with Crippen LogP contribution in [0.3, 0.4) is 0 Å². The molecule has 0 heterocycles. The highest BCUT2D eigenvalue weighted by Crippen LogP contribution is 2.11. The highest BCUT2D eigenvalue weighted by atomic mass is 16.3. The van der Waals surface area contributed by atoms with Crippen molar-refractivity contribution in [1.29, 1.82) is 0 Å². The van der Waals surface area contributed by atoms with E-state index in [9.17, 15) is 58.5 Å². The predicted molar refractivity (Wildman–Crippen MR) is 202 cm³/mol. The van der Waals surface area contributed by atoms with Crippen molar-refractivity contribution in [1.82, 2.24) is 42.5 Å². The molecule has 318 valence electrons. The molecule has 0 aromatic heterocycles. The lowest BCUT2D eigenvalue weighted by atomic mass is 9.96. The van der Waals surface area contributed by atoms with Gasteiger partial charge in [0.1, 0.15) is 30.2 Å². The number of aliphatic hydroxyl groups is 3. The first-order chi connectivity index (χ1) is 26.7. The maximum absolute atomic E-state index is 13.7. The van der Waals surface area contributed by atoms with Crippen molar-refractivity contribution in [2.75, 3.05) is 26.2 Å². The van der Waals surface area contributed by atoms with Crippen LogP contribution < -0.4 is 54.0 Å². The molecule has 0 bridgehead atoms. The first-order valence-corrected chi connectivity index (χ1v) is 18.1. The first kappa shape index (κ1) is 49.3. The van der Waals surface area contributed by atoms with Gasteiger partial charge in [0.25, 0.3) is 0 Å². The third-order valence-corrected chi connectivity index (χ3v) is 8.42. The van der Waals surface area contributed by atoms with Gasteiger partial charge in [-0.05, 0) is 32.3 Å². The molecule has 1 aromatic carbocycles. The second kappa shape index (κ2) is 24.7. The van der Waals surface area contributed by atoms with Gasteiger partial charge in [0, 0.05) is 6.42 Å². The average molecular weight is 809 g/mol. The molecule has 9 atom stereocenters. The summed E-state index contributed by atoms with van der Waals surface area (Å²) in [6, 6.07) is 0.258. The van der Waals surface area contributed by atoms with Gasteiger partial charge in [-0.2, -0.15) is 0 Å². The summed E-state index contributed by atoms with van der Waals surface area (Å²) in [5.41, 5.74) is 11.2. The number of benzene rings is 1. The zero-order valence-corrected chi connectivity index (χ0v) is 32.5. The Hall–Kier alpha value is -5.71. The number of hydrogen-bond acceptors (Lipinski definition) is 13. The Bertz CT molecular complexity index is 1560. The van der Waals surface area contributed by atoms with E-state index in [4.69, 9.17) is 11.5 Å². The summed E-state index contributed by atoms with van der Waals surface area (Å²) >= 11 is 0. The van der Waals surface area contributed by atoms with Crippen molar-refractivity contribution in [3.63, 3.8) is 0 Å². The summed E-state index contributed by atoms with van der Waals surface area (Å²) in [6.45, 7) is 4.46. The second-order valence-corrected chi connectivity index (χ2v) is 13.3. The van der Waals surface area contributed by atoms with Crippen LogP contribution in [-0.4, -0.2) is 143 Å². The Morgan fingerprint density at radius 3 is 1.56 bits per heavy atom. The molecular weight excluding hydrogens is 752 g/mol. The van der Waals surface area contributed by atoms with E-state index in [1.54, 1.807) is 44.2 Å². The van der Waals surface area contributed by atoms with E-state index < -0.39 is 134 Å². The number of primary amides is 1. The van der Waals surface area contributed by atoms with Gasteiger partial charge in [-0.1, -0.05) is 50.6 Å². The fourth-order valence-corrected chi connectivity index (χ4v) is 4.85. The van der Waals surface area contributed by atoms with E-state index in [0.29, 0.717) is 12.0 Å². The molecule has 0 aliphatic heterocycles. The lowest BCUT2D eigenvalue weighted by Gasteiger charge is -2.29. The van der Waals surface area contributed by atoms with Crippen molar-refractivity contribution >= 4 is 53.2 Å². The van der Waals surface area contributed by atoms with Gasteiger partial charge in [-0.3, -0.25) is 43.2 Å². The lowest BCUT2D eigenvalue weighted by molar-refractivity contribution is -0.136. The molecular formula is C35H56N10O12. The molecule has 0 radical (unpaired) electrons. The number of amides is 9. The Balaban J connectivity index is 3.03. The van der Waals surface area contributed by atoms with E-state index in [1.807, 2.05) is 0 Å². The normalized spacial score (nSPS) is 15.6. The van der Waals surface area contributed by atoms with Crippen LogP contribution in [0.5, 0.6) is 0 Å². The lowest BCUT2D eigenvalue weighted by Crippen LogP contribution is -2.61. The van der Waals surface area contributed by atoms with Crippen molar-refractivity contribution in [2.24, 2.45) is 17.4 Å². The molecule has 0 unspecified atom stereocenters.